The number of hydrogen-bond donors (Lipinski definition) is 3. The predicted octanol–water partition coefficient (Wildman–Crippen LogP) is 7.07. The number of aryl methyl sites for hydroxylation is 1. The number of halogens is 1. The van der Waals surface area contributed by atoms with Gasteiger partial charge in [0, 0.05) is 5.39 Å². The Morgan fingerprint density at radius 3 is 2.45 bits per heavy atom. The van der Waals surface area contributed by atoms with Crippen molar-refractivity contribution in [2.75, 3.05) is 11.9 Å². The Kier molecular flexibility index (Phi) is 7.96. The summed E-state index contributed by atoms with van der Waals surface area (Å²) in [6, 6.07) is 18.1. The third-order valence-electron chi connectivity index (χ3n) is 5.70. The number of azo groups is 1. The molecule has 0 spiro atoms. The summed E-state index contributed by atoms with van der Waals surface area (Å²) in [5.41, 5.74) is 0.913. The maximum Gasteiger partial charge on any atom is 0.296 e. The fourth-order valence-corrected chi connectivity index (χ4v) is 5.05. The summed E-state index contributed by atoms with van der Waals surface area (Å²) in [5.74, 6) is -0.531. The molecule has 0 unspecified atom stereocenters. The van der Waals surface area contributed by atoms with Crippen LogP contribution < -0.4 is 10.1 Å². The van der Waals surface area contributed by atoms with Gasteiger partial charge in [-0.25, -0.2) is 0 Å². The molecule has 0 radical (unpaired) electrons. The number of nitrogens with zero attached hydrogens (tertiary/aromatic N) is 2. The minimum atomic E-state index is -4.62. The number of fused-ring (bicyclic) bond motifs is 1. The van der Waals surface area contributed by atoms with E-state index in [0.717, 1.165) is 6.07 Å². The topological polar surface area (TPSA) is 138 Å². The fraction of sp³-hybridized carbons (Fsp3) is 0.148. The zero-order valence-corrected chi connectivity index (χ0v) is 22.0. The first-order valence-corrected chi connectivity index (χ1v) is 13.4. The Morgan fingerprint density at radius 2 is 1.74 bits per heavy atom. The van der Waals surface area contributed by atoms with Crippen LogP contribution in [-0.2, 0) is 16.5 Å². The second-order valence-corrected chi connectivity index (χ2v) is 9.94. The number of rotatable bonds is 8. The molecule has 0 fully saturated rings. The van der Waals surface area contributed by atoms with Gasteiger partial charge in [0.2, 0.25) is 0 Å². The number of aromatic hydroxyl groups is 1. The summed E-state index contributed by atoms with van der Waals surface area (Å²) >= 11 is 6.13. The highest BCUT2D eigenvalue weighted by Gasteiger charge is 2.21. The lowest BCUT2D eigenvalue weighted by Crippen LogP contribution is -2.13. The number of nitrogens with one attached hydrogen (secondary N) is 1. The molecule has 3 N–H and O–H groups in total. The first kappa shape index (κ1) is 27.1. The third kappa shape index (κ3) is 5.62. The van der Waals surface area contributed by atoms with Crippen molar-refractivity contribution in [3.05, 3.63) is 82.9 Å². The monoisotopic (exact) mass is 553 g/mol. The number of amides is 1. The summed E-state index contributed by atoms with van der Waals surface area (Å²) in [5, 5.41) is 23.2. The normalized spacial score (nSPS) is 11.7. The SMILES string of the molecule is CCOc1ccccc1NC(=O)c1cc2ccccc2c(N=Nc2cc(CC)c(Cl)c(S(=O)(=O)O)c2)c1O. The Labute approximate surface area is 224 Å². The number of phenolic OH excluding ortho intramolecular Hbond substituents is 1. The van der Waals surface area contributed by atoms with Crippen molar-refractivity contribution >= 4 is 55.5 Å². The molecule has 38 heavy (non-hydrogen) atoms. The van der Waals surface area contributed by atoms with Crippen LogP contribution in [0.5, 0.6) is 11.5 Å². The Hall–Kier alpha value is -3.99. The highest BCUT2D eigenvalue weighted by molar-refractivity contribution is 7.86. The molecule has 0 aliphatic carbocycles. The average molecular weight is 554 g/mol. The largest absolute Gasteiger partial charge is 0.505 e. The van der Waals surface area contributed by atoms with Gasteiger partial charge in [-0.2, -0.15) is 13.5 Å². The lowest BCUT2D eigenvalue weighted by Gasteiger charge is -2.13. The molecule has 0 aromatic heterocycles. The van der Waals surface area contributed by atoms with Crippen LogP contribution in [0.2, 0.25) is 5.02 Å². The first-order valence-electron chi connectivity index (χ1n) is 11.6. The second kappa shape index (κ2) is 11.2. The van der Waals surface area contributed by atoms with Gasteiger partial charge >= 0.3 is 0 Å². The molecule has 9 nitrogen and oxygen atoms in total. The van der Waals surface area contributed by atoms with Gasteiger partial charge < -0.3 is 15.2 Å². The summed E-state index contributed by atoms with van der Waals surface area (Å²) in [4.78, 5) is 12.7. The highest BCUT2D eigenvalue weighted by Crippen LogP contribution is 2.40. The zero-order valence-electron chi connectivity index (χ0n) is 20.5. The standard InChI is InChI=1S/C27H24ClN3O6S/c1-3-16-13-18(15-23(24(16)28)38(34,35)36)30-31-25-19-10-6-5-9-17(19)14-20(26(25)32)27(33)29-21-11-7-8-12-22(21)37-4-2/h5-15,32H,3-4H2,1-2H3,(H,29,33)(H,34,35,36). The van der Waals surface area contributed by atoms with Gasteiger partial charge in [-0.05, 0) is 54.6 Å². The fourth-order valence-electron chi connectivity index (χ4n) is 3.88. The molecule has 0 atom stereocenters. The maximum absolute atomic E-state index is 13.2. The van der Waals surface area contributed by atoms with Gasteiger partial charge in [0.1, 0.15) is 16.3 Å². The smallest absolute Gasteiger partial charge is 0.296 e. The summed E-state index contributed by atoms with van der Waals surface area (Å²) in [6.07, 6.45) is 0.373. The van der Waals surface area contributed by atoms with Gasteiger partial charge in [0.05, 0.1) is 28.6 Å². The molecule has 196 valence electrons. The van der Waals surface area contributed by atoms with E-state index < -0.39 is 26.7 Å². The molecule has 0 aliphatic heterocycles. The Bertz CT molecular complexity index is 1670. The van der Waals surface area contributed by atoms with Gasteiger partial charge in [-0.1, -0.05) is 54.9 Å². The van der Waals surface area contributed by atoms with Crippen LogP contribution in [-0.4, -0.2) is 30.6 Å². The lowest BCUT2D eigenvalue weighted by molar-refractivity contribution is 0.102. The molecular formula is C27H24ClN3O6S. The molecule has 0 saturated heterocycles. The average Bonchev–Trinajstić information content (AvgIpc) is 2.89. The molecule has 4 aromatic rings. The van der Waals surface area contributed by atoms with E-state index in [4.69, 9.17) is 16.3 Å². The Balaban J connectivity index is 1.81. The predicted molar refractivity (Wildman–Crippen MR) is 146 cm³/mol. The van der Waals surface area contributed by atoms with Crippen LogP contribution in [0, 0.1) is 0 Å². The summed E-state index contributed by atoms with van der Waals surface area (Å²) in [6.45, 7) is 4.00. The van der Waals surface area contributed by atoms with Crippen molar-refractivity contribution in [2.24, 2.45) is 10.2 Å². The van der Waals surface area contributed by atoms with E-state index >= 15 is 0 Å². The van der Waals surface area contributed by atoms with Crippen molar-refractivity contribution in [3.63, 3.8) is 0 Å². The second-order valence-electron chi connectivity index (χ2n) is 8.17. The minimum absolute atomic E-state index is 0.00717. The van der Waals surface area contributed by atoms with Crippen molar-refractivity contribution in [2.45, 2.75) is 25.2 Å². The van der Waals surface area contributed by atoms with Gasteiger partial charge in [-0.3, -0.25) is 9.35 Å². The number of phenols is 1. The molecule has 1 amide bonds. The maximum atomic E-state index is 13.2. The molecule has 0 bridgehead atoms. The minimum Gasteiger partial charge on any atom is -0.505 e. The van der Waals surface area contributed by atoms with Crippen LogP contribution in [0.25, 0.3) is 10.8 Å². The van der Waals surface area contributed by atoms with E-state index in [1.165, 1.54) is 12.1 Å². The van der Waals surface area contributed by atoms with Crippen molar-refractivity contribution in [1.29, 1.82) is 0 Å². The van der Waals surface area contributed by atoms with E-state index in [2.05, 4.69) is 15.5 Å². The molecule has 4 rings (SSSR count). The molecule has 0 aliphatic rings. The highest BCUT2D eigenvalue weighted by atomic mass is 35.5. The first-order chi connectivity index (χ1) is 18.1. The van der Waals surface area contributed by atoms with Gasteiger partial charge in [0.25, 0.3) is 16.0 Å². The van der Waals surface area contributed by atoms with Crippen molar-refractivity contribution in [1.82, 2.24) is 0 Å². The van der Waals surface area contributed by atoms with E-state index in [1.807, 2.05) is 6.92 Å². The number of para-hydroxylation sites is 2. The third-order valence-corrected chi connectivity index (χ3v) is 7.13. The Morgan fingerprint density at radius 1 is 1.03 bits per heavy atom. The van der Waals surface area contributed by atoms with Crippen LogP contribution >= 0.6 is 11.6 Å². The molecule has 0 heterocycles. The molecule has 11 heteroatoms. The van der Waals surface area contributed by atoms with Crippen LogP contribution in [0.15, 0.2) is 81.9 Å². The molecule has 0 saturated carbocycles. The number of carbonyl (C=O) groups is 1. The van der Waals surface area contributed by atoms with Crippen LogP contribution in [0.4, 0.5) is 17.1 Å². The number of benzene rings is 4. The number of hydrogen-bond acceptors (Lipinski definition) is 7. The summed E-state index contributed by atoms with van der Waals surface area (Å²) in [7, 11) is -4.62. The van der Waals surface area contributed by atoms with Crippen LogP contribution in [0.3, 0.4) is 0 Å². The lowest BCUT2D eigenvalue weighted by atomic mass is 10.0. The van der Waals surface area contributed by atoms with E-state index in [9.17, 15) is 22.9 Å². The molecule has 4 aromatic carbocycles. The quantitative estimate of drug-likeness (QED) is 0.157. The van der Waals surface area contributed by atoms with Gasteiger partial charge in [-0.15, -0.1) is 5.11 Å². The number of anilines is 1. The summed E-state index contributed by atoms with van der Waals surface area (Å²) < 4.78 is 38.8. The van der Waals surface area contributed by atoms with Crippen LogP contribution in [0.1, 0.15) is 29.8 Å². The number of ether oxygens (including phenoxy) is 1. The van der Waals surface area contributed by atoms with E-state index in [-0.39, 0.29) is 22.0 Å². The zero-order chi connectivity index (χ0) is 27.4. The molecular weight excluding hydrogens is 530 g/mol. The van der Waals surface area contributed by atoms with Gasteiger partial charge in [0.15, 0.2) is 5.75 Å². The van der Waals surface area contributed by atoms with Crippen molar-refractivity contribution < 1.29 is 27.6 Å². The van der Waals surface area contributed by atoms with E-state index in [0.29, 0.717) is 40.8 Å². The number of carbonyl (C=O) groups excluding carboxylic acids is 1. The van der Waals surface area contributed by atoms with E-state index in [1.54, 1.807) is 55.5 Å². The van der Waals surface area contributed by atoms with Crippen molar-refractivity contribution in [3.8, 4) is 11.5 Å².